The normalized spacial score (nSPS) is 25.5. The second-order valence-electron chi connectivity index (χ2n) is 7.04. The van der Waals surface area contributed by atoms with Crippen LogP contribution in [0.4, 0.5) is 8.78 Å². The first-order chi connectivity index (χ1) is 13.0. The third kappa shape index (κ3) is 5.38. The lowest BCUT2D eigenvalue weighted by molar-refractivity contribution is 0.140. The Balaban J connectivity index is 1.62. The van der Waals surface area contributed by atoms with Gasteiger partial charge in [0.2, 0.25) is 0 Å². The van der Waals surface area contributed by atoms with Gasteiger partial charge in [0, 0.05) is 27.1 Å². The molecular weight excluding hydrogens is 390 g/mol. The van der Waals surface area contributed by atoms with Crippen molar-refractivity contribution in [3.63, 3.8) is 0 Å². The first kappa shape index (κ1) is 20.5. The number of hydrogen-bond acceptors (Lipinski definition) is 3. The van der Waals surface area contributed by atoms with Crippen LogP contribution in [0.15, 0.2) is 36.4 Å². The number of thiophene rings is 1. The van der Waals surface area contributed by atoms with Crippen LogP contribution in [0.1, 0.15) is 34.6 Å². The predicted octanol–water partition coefficient (Wildman–Crippen LogP) is 5.16. The van der Waals surface area contributed by atoms with Crippen LogP contribution in [0.25, 0.3) is 6.08 Å². The molecule has 0 radical (unpaired) electrons. The topological polar surface area (TPSA) is 40.5 Å². The lowest BCUT2D eigenvalue weighted by Gasteiger charge is -2.20. The molecule has 2 nitrogen and oxygen atoms in total. The van der Waals surface area contributed by atoms with E-state index >= 15 is 0 Å². The molecular formula is C21H23ClF2O2S. The van der Waals surface area contributed by atoms with E-state index in [-0.39, 0.29) is 23.8 Å². The van der Waals surface area contributed by atoms with Gasteiger partial charge in [0.1, 0.15) is 11.6 Å². The molecule has 0 aliphatic heterocycles. The Morgan fingerprint density at radius 3 is 2.52 bits per heavy atom. The Bertz CT molecular complexity index is 772. The molecule has 1 saturated carbocycles. The molecule has 1 aliphatic carbocycles. The Morgan fingerprint density at radius 2 is 1.85 bits per heavy atom. The van der Waals surface area contributed by atoms with Crippen molar-refractivity contribution < 1.29 is 19.0 Å². The van der Waals surface area contributed by atoms with E-state index in [9.17, 15) is 13.9 Å². The summed E-state index contributed by atoms with van der Waals surface area (Å²) >= 11 is 8.07. The van der Waals surface area contributed by atoms with Gasteiger partial charge in [-0.25, -0.2) is 8.78 Å². The van der Waals surface area contributed by atoms with Crippen LogP contribution in [0.2, 0.25) is 0 Å². The fourth-order valence-corrected chi connectivity index (χ4v) is 5.18. The molecule has 4 atom stereocenters. The molecule has 1 fully saturated rings. The third-order valence-electron chi connectivity index (χ3n) is 5.10. The fourth-order valence-electron chi connectivity index (χ4n) is 3.78. The lowest BCUT2D eigenvalue weighted by Crippen LogP contribution is -2.18. The highest BCUT2D eigenvalue weighted by Crippen LogP contribution is 2.40. The first-order valence-electron chi connectivity index (χ1n) is 9.11. The van der Waals surface area contributed by atoms with E-state index in [1.165, 1.54) is 17.0 Å². The highest BCUT2D eigenvalue weighted by molar-refractivity contribution is 7.11. The monoisotopic (exact) mass is 412 g/mol. The molecule has 2 aromatic rings. The zero-order valence-electron chi connectivity index (χ0n) is 14.8. The van der Waals surface area contributed by atoms with Crippen LogP contribution in [0.3, 0.4) is 0 Å². The van der Waals surface area contributed by atoms with E-state index in [1.54, 1.807) is 17.4 Å². The number of rotatable bonds is 7. The van der Waals surface area contributed by atoms with Crippen LogP contribution in [-0.4, -0.2) is 21.7 Å². The molecule has 1 aromatic heterocycles. The number of benzene rings is 1. The molecule has 0 bridgehead atoms. The molecule has 0 amide bonds. The molecule has 1 heterocycles. The second kappa shape index (κ2) is 9.28. The number of halogens is 3. The average Bonchev–Trinajstić information content (AvgIpc) is 3.17. The van der Waals surface area contributed by atoms with E-state index < -0.39 is 17.7 Å². The summed E-state index contributed by atoms with van der Waals surface area (Å²) in [6.45, 7) is 0.0663. The third-order valence-corrected chi connectivity index (χ3v) is 6.73. The van der Waals surface area contributed by atoms with Gasteiger partial charge in [0.05, 0.1) is 12.7 Å². The summed E-state index contributed by atoms with van der Waals surface area (Å²) in [5, 5.41) is 19.4. The molecule has 0 spiro atoms. The SMILES string of the molecule is OCc1ccc(CCC[C@@H]2[C@@H](/C=C\c3cc(F)cc(F)c3)[C@H](O)C[C@H]2Cl)s1. The van der Waals surface area contributed by atoms with Crippen LogP contribution >= 0.6 is 22.9 Å². The number of aliphatic hydroxyl groups is 2. The largest absolute Gasteiger partial charge is 0.392 e. The smallest absolute Gasteiger partial charge is 0.126 e. The molecule has 6 heteroatoms. The van der Waals surface area contributed by atoms with E-state index in [1.807, 2.05) is 18.2 Å². The van der Waals surface area contributed by atoms with Crippen LogP contribution in [-0.2, 0) is 13.0 Å². The summed E-state index contributed by atoms with van der Waals surface area (Å²) in [6.07, 6.45) is 6.18. The predicted molar refractivity (Wildman–Crippen MR) is 106 cm³/mol. The van der Waals surface area contributed by atoms with Crippen molar-refractivity contribution in [3.05, 3.63) is 63.4 Å². The molecule has 3 rings (SSSR count). The highest BCUT2D eigenvalue weighted by Gasteiger charge is 2.39. The minimum Gasteiger partial charge on any atom is -0.392 e. The van der Waals surface area contributed by atoms with Gasteiger partial charge >= 0.3 is 0 Å². The van der Waals surface area contributed by atoms with Crippen molar-refractivity contribution in [1.82, 2.24) is 0 Å². The van der Waals surface area contributed by atoms with E-state index in [0.717, 1.165) is 30.2 Å². The molecule has 146 valence electrons. The van der Waals surface area contributed by atoms with Crippen molar-refractivity contribution in [1.29, 1.82) is 0 Å². The molecule has 1 aliphatic rings. The summed E-state index contributed by atoms with van der Waals surface area (Å²) in [4.78, 5) is 2.19. The summed E-state index contributed by atoms with van der Waals surface area (Å²) < 4.78 is 26.7. The van der Waals surface area contributed by atoms with Gasteiger partial charge in [-0.1, -0.05) is 12.2 Å². The molecule has 2 N–H and O–H groups in total. The van der Waals surface area contributed by atoms with Crippen LogP contribution in [0, 0.1) is 23.5 Å². The quantitative estimate of drug-likeness (QED) is 0.617. The van der Waals surface area contributed by atoms with Crippen molar-refractivity contribution in [2.24, 2.45) is 11.8 Å². The Morgan fingerprint density at radius 1 is 1.15 bits per heavy atom. The molecule has 0 saturated heterocycles. The van der Waals surface area contributed by atoms with Gasteiger partial charge in [0.15, 0.2) is 0 Å². The van der Waals surface area contributed by atoms with E-state index in [0.29, 0.717) is 12.0 Å². The minimum absolute atomic E-state index is 0.0663. The van der Waals surface area contributed by atoms with E-state index in [4.69, 9.17) is 16.7 Å². The standard InChI is InChI=1S/C21H23ClF2O2S/c22-20-11-21(26)19(7-4-13-8-14(23)10-15(24)9-13)18(20)3-1-2-16-5-6-17(12-25)27-16/h4-10,18-21,25-26H,1-3,11-12H2/b7-4-/t18-,19-,20-,21-/m1/s1. The van der Waals surface area contributed by atoms with E-state index in [2.05, 4.69) is 0 Å². The number of aryl methyl sites for hydroxylation is 1. The van der Waals surface area contributed by atoms with Gasteiger partial charge < -0.3 is 10.2 Å². The lowest BCUT2D eigenvalue weighted by atomic mass is 9.89. The maximum absolute atomic E-state index is 13.3. The Hall–Kier alpha value is -1.27. The molecule has 1 aromatic carbocycles. The Kier molecular flexibility index (Phi) is 7.04. The highest BCUT2D eigenvalue weighted by atomic mass is 35.5. The van der Waals surface area contributed by atoms with Gasteiger partial charge in [-0.15, -0.1) is 22.9 Å². The summed E-state index contributed by atoms with van der Waals surface area (Å²) in [6, 6.07) is 7.35. The summed E-state index contributed by atoms with van der Waals surface area (Å²) in [5.74, 6) is -1.25. The minimum atomic E-state index is -0.619. The first-order valence-corrected chi connectivity index (χ1v) is 10.4. The van der Waals surface area contributed by atoms with Gasteiger partial charge in [0.25, 0.3) is 0 Å². The van der Waals surface area contributed by atoms with Gasteiger partial charge in [-0.05, 0) is 61.4 Å². The summed E-state index contributed by atoms with van der Waals surface area (Å²) in [5.41, 5.74) is 0.437. The Labute approximate surface area is 167 Å². The number of alkyl halides is 1. The van der Waals surface area contributed by atoms with Crippen molar-refractivity contribution in [2.75, 3.05) is 0 Å². The van der Waals surface area contributed by atoms with Crippen LogP contribution < -0.4 is 0 Å². The number of hydrogen-bond donors (Lipinski definition) is 2. The zero-order valence-corrected chi connectivity index (χ0v) is 16.4. The maximum Gasteiger partial charge on any atom is 0.126 e. The fraction of sp³-hybridized carbons (Fsp3) is 0.429. The average molecular weight is 413 g/mol. The molecule has 27 heavy (non-hydrogen) atoms. The second-order valence-corrected chi connectivity index (χ2v) is 8.85. The number of aliphatic hydroxyl groups excluding tert-OH is 2. The molecule has 0 unspecified atom stereocenters. The van der Waals surface area contributed by atoms with Crippen molar-refractivity contribution in [3.8, 4) is 0 Å². The summed E-state index contributed by atoms with van der Waals surface area (Å²) in [7, 11) is 0. The van der Waals surface area contributed by atoms with Gasteiger partial charge in [-0.3, -0.25) is 0 Å². The van der Waals surface area contributed by atoms with Gasteiger partial charge in [-0.2, -0.15) is 0 Å². The van der Waals surface area contributed by atoms with Crippen LogP contribution in [0.5, 0.6) is 0 Å². The zero-order chi connectivity index (χ0) is 19.4. The van der Waals surface area contributed by atoms with Crippen molar-refractivity contribution >= 4 is 29.0 Å². The maximum atomic E-state index is 13.3. The van der Waals surface area contributed by atoms with Crippen molar-refractivity contribution in [2.45, 2.75) is 43.8 Å².